The molecule has 0 fully saturated rings. The van der Waals surface area contributed by atoms with Crippen LogP contribution in [0.3, 0.4) is 0 Å². The summed E-state index contributed by atoms with van der Waals surface area (Å²) in [5, 5.41) is 11.9. The van der Waals surface area contributed by atoms with E-state index in [4.69, 9.17) is 4.42 Å². The lowest BCUT2D eigenvalue weighted by atomic mass is 10.2. The van der Waals surface area contributed by atoms with Gasteiger partial charge in [-0.05, 0) is 43.7 Å². The van der Waals surface area contributed by atoms with E-state index < -0.39 is 0 Å². The van der Waals surface area contributed by atoms with Crippen LogP contribution in [0.1, 0.15) is 22.6 Å². The average Bonchev–Trinajstić information content (AvgIpc) is 3.39. The third-order valence-corrected chi connectivity index (χ3v) is 5.71. The van der Waals surface area contributed by atoms with Crippen molar-refractivity contribution in [1.29, 1.82) is 0 Å². The number of carbonyl (C=O) groups is 1. The van der Waals surface area contributed by atoms with Crippen molar-refractivity contribution in [2.45, 2.75) is 19.9 Å². The highest BCUT2D eigenvalue weighted by atomic mass is 127. The van der Waals surface area contributed by atoms with Gasteiger partial charge >= 0.3 is 0 Å². The minimum atomic E-state index is -0.237. The van der Waals surface area contributed by atoms with Gasteiger partial charge in [-0.1, -0.05) is 33.9 Å². The molecule has 0 atom stereocenters. The van der Waals surface area contributed by atoms with E-state index in [0.717, 1.165) is 34.3 Å². The SMILES string of the molecule is Cc1nc2cc(C(=O)Nc3nnc(-c4ccco4)s3)ccc2n1CCCI. The third-order valence-electron chi connectivity index (χ3n) is 4.09. The molecular weight excluding hydrogens is 477 g/mol. The topological polar surface area (TPSA) is 85.8 Å². The normalized spacial score (nSPS) is 11.2. The predicted molar refractivity (Wildman–Crippen MR) is 114 cm³/mol. The van der Waals surface area contributed by atoms with Crippen molar-refractivity contribution in [3.63, 3.8) is 0 Å². The van der Waals surface area contributed by atoms with Gasteiger partial charge in [-0.2, -0.15) is 0 Å². The zero-order valence-corrected chi connectivity index (χ0v) is 17.5. The Hall–Kier alpha value is -2.27. The maximum Gasteiger partial charge on any atom is 0.257 e. The van der Waals surface area contributed by atoms with Crippen LogP contribution < -0.4 is 5.32 Å². The van der Waals surface area contributed by atoms with E-state index in [1.54, 1.807) is 18.4 Å². The van der Waals surface area contributed by atoms with Crippen LogP contribution in [-0.2, 0) is 6.54 Å². The van der Waals surface area contributed by atoms with E-state index >= 15 is 0 Å². The largest absolute Gasteiger partial charge is 0.462 e. The second-order valence-corrected chi connectivity index (χ2v) is 7.96. The first-order valence-corrected chi connectivity index (χ1v) is 10.7. The van der Waals surface area contributed by atoms with Gasteiger partial charge in [0, 0.05) is 16.5 Å². The number of halogens is 1. The molecule has 0 spiro atoms. The van der Waals surface area contributed by atoms with Gasteiger partial charge in [0.2, 0.25) is 5.13 Å². The molecule has 138 valence electrons. The maximum absolute atomic E-state index is 12.6. The van der Waals surface area contributed by atoms with Gasteiger partial charge in [0.1, 0.15) is 5.82 Å². The Labute approximate surface area is 173 Å². The fourth-order valence-corrected chi connectivity index (χ4v) is 3.88. The summed E-state index contributed by atoms with van der Waals surface area (Å²) in [6, 6.07) is 9.16. The molecular formula is C18H16IN5O2S. The number of fused-ring (bicyclic) bond motifs is 1. The number of hydrogen-bond donors (Lipinski definition) is 1. The number of benzene rings is 1. The number of aromatic nitrogens is 4. The van der Waals surface area contributed by atoms with E-state index in [1.807, 2.05) is 25.1 Å². The average molecular weight is 493 g/mol. The number of rotatable bonds is 6. The molecule has 7 nitrogen and oxygen atoms in total. The highest BCUT2D eigenvalue weighted by Crippen LogP contribution is 2.27. The monoisotopic (exact) mass is 493 g/mol. The van der Waals surface area contributed by atoms with Crippen LogP contribution in [0.4, 0.5) is 5.13 Å². The minimum absolute atomic E-state index is 0.237. The van der Waals surface area contributed by atoms with Crippen molar-refractivity contribution < 1.29 is 9.21 Å². The van der Waals surface area contributed by atoms with Gasteiger partial charge < -0.3 is 8.98 Å². The highest BCUT2D eigenvalue weighted by Gasteiger charge is 2.15. The number of aryl methyl sites for hydroxylation is 2. The highest BCUT2D eigenvalue weighted by molar-refractivity contribution is 14.1. The van der Waals surface area contributed by atoms with Gasteiger partial charge in [-0.25, -0.2) is 4.98 Å². The number of alkyl halides is 1. The van der Waals surface area contributed by atoms with E-state index in [2.05, 4.69) is 47.7 Å². The van der Waals surface area contributed by atoms with E-state index in [0.29, 0.717) is 21.5 Å². The molecule has 1 amide bonds. The number of nitrogens with one attached hydrogen (secondary N) is 1. The molecule has 4 rings (SSSR count). The van der Waals surface area contributed by atoms with E-state index in [1.165, 1.54) is 11.3 Å². The zero-order chi connectivity index (χ0) is 18.8. The number of anilines is 1. The molecule has 0 radical (unpaired) electrons. The first-order valence-electron chi connectivity index (χ1n) is 8.37. The van der Waals surface area contributed by atoms with E-state index in [9.17, 15) is 4.79 Å². The molecule has 4 aromatic rings. The van der Waals surface area contributed by atoms with Gasteiger partial charge in [0.05, 0.1) is 17.3 Å². The third kappa shape index (κ3) is 3.74. The Morgan fingerprint density at radius 1 is 1.33 bits per heavy atom. The molecule has 27 heavy (non-hydrogen) atoms. The second kappa shape index (κ2) is 7.77. The Bertz CT molecular complexity index is 1090. The number of carbonyl (C=O) groups excluding carboxylic acids is 1. The number of nitrogens with zero attached hydrogens (tertiary/aromatic N) is 4. The molecule has 1 aromatic carbocycles. The Balaban J connectivity index is 1.54. The second-order valence-electron chi connectivity index (χ2n) is 5.90. The molecule has 1 N–H and O–H groups in total. The molecule has 0 saturated heterocycles. The van der Waals surface area contributed by atoms with Crippen LogP contribution >= 0.6 is 33.9 Å². The molecule has 3 aromatic heterocycles. The Morgan fingerprint density at radius 2 is 2.22 bits per heavy atom. The first-order chi connectivity index (χ1) is 13.2. The van der Waals surface area contributed by atoms with Crippen molar-refractivity contribution in [3.05, 3.63) is 48.0 Å². The van der Waals surface area contributed by atoms with Crippen LogP contribution in [0.25, 0.3) is 21.8 Å². The minimum Gasteiger partial charge on any atom is -0.462 e. The van der Waals surface area contributed by atoms with E-state index in [-0.39, 0.29) is 5.91 Å². The quantitative estimate of drug-likeness (QED) is 0.315. The molecule has 0 aliphatic heterocycles. The fraction of sp³-hybridized carbons (Fsp3) is 0.222. The maximum atomic E-state index is 12.6. The van der Waals surface area contributed by atoms with Crippen molar-refractivity contribution in [1.82, 2.24) is 19.7 Å². The molecule has 3 heterocycles. The fourth-order valence-electron chi connectivity index (χ4n) is 2.83. The number of furan rings is 1. The van der Waals surface area contributed by atoms with Crippen LogP contribution in [0, 0.1) is 6.92 Å². The van der Waals surface area contributed by atoms with Gasteiger partial charge in [-0.3, -0.25) is 10.1 Å². The van der Waals surface area contributed by atoms with Crippen LogP contribution in [0.15, 0.2) is 41.0 Å². The van der Waals surface area contributed by atoms with Gasteiger partial charge in [-0.15, -0.1) is 10.2 Å². The van der Waals surface area contributed by atoms with Gasteiger partial charge in [0.15, 0.2) is 10.8 Å². The zero-order valence-electron chi connectivity index (χ0n) is 14.5. The van der Waals surface area contributed by atoms with Crippen molar-refractivity contribution in [2.75, 3.05) is 9.74 Å². The Morgan fingerprint density at radius 3 is 3.00 bits per heavy atom. The van der Waals surface area contributed by atoms with Crippen LogP contribution in [0.2, 0.25) is 0 Å². The number of amides is 1. The summed E-state index contributed by atoms with van der Waals surface area (Å²) in [7, 11) is 0. The lowest BCUT2D eigenvalue weighted by Gasteiger charge is -2.05. The summed E-state index contributed by atoms with van der Waals surface area (Å²) >= 11 is 3.64. The van der Waals surface area contributed by atoms with Crippen LogP contribution in [0.5, 0.6) is 0 Å². The first kappa shape index (κ1) is 18.1. The molecule has 0 unspecified atom stereocenters. The van der Waals surface area contributed by atoms with Gasteiger partial charge in [0.25, 0.3) is 5.91 Å². The molecule has 0 aliphatic rings. The van der Waals surface area contributed by atoms with Crippen LogP contribution in [-0.4, -0.2) is 30.1 Å². The summed E-state index contributed by atoms with van der Waals surface area (Å²) in [5.74, 6) is 1.35. The van der Waals surface area contributed by atoms with Crippen molar-refractivity contribution in [3.8, 4) is 10.8 Å². The smallest absolute Gasteiger partial charge is 0.257 e. The molecule has 0 bridgehead atoms. The molecule has 9 heteroatoms. The Kier molecular flexibility index (Phi) is 5.21. The molecule has 0 aliphatic carbocycles. The lowest BCUT2D eigenvalue weighted by molar-refractivity contribution is 0.102. The molecule has 0 saturated carbocycles. The van der Waals surface area contributed by atoms with Crippen molar-refractivity contribution in [2.24, 2.45) is 0 Å². The van der Waals surface area contributed by atoms with Crippen molar-refractivity contribution >= 4 is 56.0 Å². The number of imidazole rings is 1. The summed E-state index contributed by atoms with van der Waals surface area (Å²) in [6.45, 7) is 2.92. The summed E-state index contributed by atoms with van der Waals surface area (Å²) in [4.78, 5) is 17.2. The summed E-state index contributed by atoms with van der Waals surface area (Å²) in [6.07, 6.45) is 2.66. The predicted octanol–water partition coefficient (Wildman–Crippen LogP) is 4.53. The summed E-state index contributed by atoms with van der Waals surface area (Å²) in [5.41, 5.74) is 2.41. The number of hydrogen-bond acceptors (Lipinski definition) is 6. The standard InChI is InChI=1S/C18H16IN5O2S/c1-11-20-13-10-12(5-6-14(13)24(11)8-3-7-19)16(25)21-18-23-22-17(27-18)15-4-2-9-26-15/h2,4-6,9-10H,3,7-8H2,1H3,(H,21,23,25). The summed E-state index contributed by atoms with van der Waals surface area (Å²) < 4.78 is 8.58. The lowest BCUT2D eigenvalue weighted by Crippen LogP contribution is -2.11.